The van der Waals surface area contributed by atoms with Crippen LogP contribution in [-0.4, -0.2) is 35.8 Å². The van der Waals surface area contributed by atoms with Gasteiger partial charge in [0.1, 0.15) is 0 Å². The van der Waals surface area contributed by atoms with Crippen LogP contribution in [0.4, 0.5) is 0 Å². The van der Waals surface area contributed by atoms with Crippen LogP contribution in [-0.2, 0) is 11.2 Å². The van der Waals surface area contributed by atoms with Gasteiger partial charge in [0, 0.05) is 24.7 Å². The van der Waals surface area contributed by atoms with Crippen LogP contribution in [0.3, 0.4) is 0 Å². The Labute approximate surface area is 163 Å². The number of amides is 2. The van der Waals surface area contributed by atoms with E-state index in [1.165, 1.54) is 0 Å². The number of benzene rings is 2. The standard InChI is InChI=1S/C20H20Cl2N2O2/c21-17-7-6-15(13-18(17)22)20(26)23-16-8-10-24(11-9-16)19(25)12-14-4-2-1-3-5-14/h1-7,13,16H,8-12H2,(H,23,26). The van der Waals surface area contributed by atoms with E-state index in [-0.39, 0.29) is 17.9 Å². The van der Waals surface area contributed by atoms with Crippen LogP contribution in [0.25, 0.3) is 0 Å². The monoisotopic (exact) mass is 390 g/mol. The van der Waals surface area contributed by atoms with Gasteiger partial charge in [-0.15, -0.1) is 0 Å². The second-order valence-corrected chi connectivity index (χ2v) is 7.23. The zero-order chi connectivity index (χ0) is 18.5. The predicted molar refractivity (Wildman–Crippen MR) is 104 cm³/mol. The fourth-order valence-electron chi connectivity index (χ4n) is 3.06. The van der Waals surface area contributed by atoms with Crippen molar-refractivity contribution in [2.24, 2.45) is 0 Å². The van der Waals surface area contributed by atoms with Crippen LogP contribution < -0.4 is 5.32 Å². The zero-order valence-corrected chi connectivity index (χ0v) is 15.8. The second-order valence-electron chi connectivity index (χ2n) is 6.42. The van der Waals surface area contributed by atoms with Crippen molar-refractivity contribution in [1.82, 2.24) is 10.2 Å². The molecule has 1 saturated heterocycles. The molecule has 1 aliphatic rings. The first-order valence-corrected chi connectivity index (χ1v) is 9.36. The Morgan fingerprint density at radius 3 is 2.35 bits per heavy atom. The topological polar surface area (TPSA) is 49.4 Å². The molecule has 0 saturated carbocycles. The molecule has 6 heteroatoms. The summed E-state index contributed by atoms with van der Waals surface area (Å²) in [6, 6.07) is 14.6. The first kappa shape index (κ1) is 18.7. The summed E-state index contributed by atoms with van der Waals surface area (Å²) in [7, 11) is 0. The number of nitrogens with zero attached hydrogens (tertiary/aromatic N) is 1. The number of piperidine rings is 1. The molecule has 1 N–H and O–H groups in total. The molecule has 0 aliphatic carbocycles. The Hall–Kier alpha value is -2.04. The quantitative estimate of drug-likeness (QED) is 0.858. The van der Waals surface area contributed by atoms with E-state index >= 15 is 0 Å². The number of rotatable bonds is 4. The average molecular weight is 391 g/mol. The van der Waals surface area contributed by atoms with E-state index in [1.807, 2.05) is 35.2 Å². The van der Waals surface area contributed by atoms with Gasteiger partial charge in [-0.3, -0.25) is 9.59 Å². The second kappa shape index (κ2) is 8.56. The highest BCUT2D eigenvalue weighted by molar-refractivity contribution is 6.42. The minimum atomic E-state index is -0.169. The molecular formula is C20H20Cl2N2O2. The van der Waals surface area contributed by atoms with Gasteiger partial charge in [-0.25, -0.2) is 0 Å². The molecule has 1 fully saturated rings. The van der Waals surface area contributed by atoms with E-state index in [9.17, 15) is 9.59 Å². The average Bonchev–Trinajstić information content (AvgIpc) is 2.65. The van der Waals surface area contributed by atoms with Crippen molar-refractivity contribution in [2.45, 2.75) is 25.3 Å². The maximum atomic E-state index is 12.4. The Morgan fingerprint density at radius 1 is 1.00 bits per heavy atom. The van der Waals surface area contributed by atoms with Crippen LogP contribution in [0, 0.1) is 0 Å². The summed E-state index contributed by atoms with van der Waals surface area (Å²) < 4.78 is 0. The Bertz CT molecular complexity index is 788. The van der Waals surface area contributed by atoms with Gasteiger partial charge in [0.05, 0.1) is 16.5 Å². The van der Waals surface area contributed by atoms with Gasteiger partial charge in [-0.05, 0) is 36.6 Å². The first-order valence-electron chi connectivity index (χ1n) is 8.60. The number of nitrogens with one attached hydrogen (secondary N) is 1. The van der Waals surface area contributed by atoms with Crippen molar-refractivity contribution in [3.63, 3.8) is 0 Å². The maximum Gasteiger partial charge on any atom is 0.251 e. The lowest BCUT2D eigenvalue weighted by Gasteiger charge is -2.32. The lowest BCUT2D eigenvalue weighted by molar-refractivity contribution is -0.131. The number of hydrogen-bond acceptors (Lipinski definition) is 2. The van der Waals surface area contributed by atoms with Crippen molar-refractivity contribution < 1.29 is 9.59 Å². The SMILES string of the molecule is O=C(NC1CCN(C(=O)Cc2ccccc2)CC1)c1ccc(Cl)c(Cl)c1. The number of carbonyl (C=O) groups is 2. The Kier molecular flexibility index (Phi) is 6.17. The van der Waals surface area contributed by atoms with Crippen molar-refractivity contribution in [2.75, 3.05) is 13.1 Å². The summed E-state index contributed by atoms with van der Waals surface area (Å²) >= 11 is 11.8. The lowest BCUT2D eigenvalue weighted by atomic mass is 10.0. The molecule has 0 unspecified atom stereocenters. The highest BCUT2D eigenvalue weighted by atomic mass is 35.5. The molecule has 1 aliphatic heterocycles. The summed E-state index contributed by atoms with van der Waals surface area (Å²) in [6.07, 6.45) is 1.91. The van der Waals surface area contributed by atoms with Gasteiger partial charge in [0.25, 0.3) is 5.91 Å². The van der Waals surface area contributed by atoms with Crippen molar-refractivity contribution in [3.05, 3.63) is 69.7 Å². The van der Waals surface area contributed by atoms with E-state index in [4.69, 9.17) is 23.2 Å². The van der Waals surface area contributed by atoms with E-state index < -0.39 is 0 Å². The van der Waals surface area contributed by atoms with Gasteiger partial charge in [0.2, 0.25) is 5.91 Å². The number of halogens is 2. The first-order chi connectivity index (χ1) is 12.5. The Balaban J connectivity index is 1.49. The van der Waals surface area contributed by atoms with Crippen LogP contribution in [0.5, 0.6) is 0 Å². The Morgan fingerprint density at radius 2 is 1.69 bits per heavy atom. The molecule has 1 heterocycles. The number of hydrogen-bond donors (Lipinski definition) is 1. The normalized spacial score (nSPS) is 14.9. The van der Waals surface area contributed by atoms with E-state index in [1.54, 1.807) is 18.2 Å². The molecule has 2 aromatic rings. The van der Waals surface area contributed by atoms with E-state index in [0.717, 1.165) is 18.4 Å². The molecule has 0 bridgehead atoms. The smallest absolute Gasteiger partial charge is 0.251 e. The number of carbonyl (C=O) groups excluding carboxylic acids is 2. The molecule has 4 nitrogen and oxygen atoms in total. The van der Waals surface area contributed by atoms with Gasteiger partial charge >= 0.3 is 0 Å². The summed E-state index contributed by atoms with van der Waals surface area (Å²) in [5.74, 6) is -0.0388. The van der Waals surface area contributed by atoms with Crippen LogP contribution in [0.1, 0.15) is 28.8 Å². The van der Waals surface area contributed by atoms with Crippen molar-refractivity contribution >= 4 is 35.0 Å². The summed E-state index contributed by atoms with van der Waals surface area (Å²) in [5, 5.41) is 3.80. The fraction of sp³-hybridized carbons (Fsp3) is 0.300. The molecule has 2 amide bonds. The fourth-order valence-corrected chi connectivity index (χ4v) is 3.36. The molecule has 0 spiro atoms. The minimum Gasteiger partial charge on any atom is -0.349 e. The summed E-state index contributed by atoms with van der Waals surface area (Å²) in [4.78, 5) is 26.6. The van der Waals surface area contributed by atoms with E-state index in [2.05, 4.69) is 5.32 Å². The molecule has 26 heavy (non-hydrogen) atoms. The molecule has 136 valence electrons. The lowest BCUT2D eigenvalue weighted by Crippen LogP contribution is -2.47. The third-order valence-corrected chi connectivity index (χ3v) is 5.30. The molecule has 0 radical (unpaired) electrons. The zero-order valence-electron chi connectivity index (χ0n) is 14.3. The molecule has 0 aromatic heterocycles. The largest absolute Gasteiger partial charge is 0.349 e. The predicted octanol–water partition coefficient (Wildman–Crippen LogP) is 3.96. The van der Waals surface area contributed by atoms with E-state index in [0.29, 0.717) is 35.1 Å². The third kappa shape index (κ3) is 4.77. The van der Waals surface area contributed by atoms with Gasteiger partial charge in [-0.1, -0.05) is 53.5 Å². The van der Waals surface area contributed by atoms with Crippen molar-refractivity contribution in [1.29, 1.82) is 0 Å². The third-order valence-electron chi connectivity index (χ3n) is 4.56. The van der Waals surface area contributed by atoms with Gasteiger partial charge < -0.3 is 10.2 Å². The van der Waals surface area contributed by atoms with Crippen molar-refractivity contribution in [3.8, 4) is 0 Å². The highest BCUT2D eigenvalue weighted by Crippen LogP contribution is 2.23. The molecule has 3 rings (SSSR count). The minimum absolute atomic E-state index is 0.0535. The maximum absolute atomic E-state index is 12.4. The highest BCUT2D eigenvalue weighted by Gasteiger charge is 2.24. The molecule has 0 atom stereocenters. The van der Waals surface area contributed by atoms with Crippen LogP contribution in [0.2, 0.25) is 10.0 Å². The van der Waals surface area contributed by atoms with Gasteiger partial charge in [0.15, 0.2) is 0 Å². The summed E-state index contributed by atoms with van der Waals surface area (Å²) in [5.41, 5.74) is 1.51. The van der Waals surface area contributed by atoms with Crippen LogP contribution in [0.15, 0.2) is 48.5 Å². The van der Waals surface area contributed by atoms with Crippen LogP contribution >= 0.6 is 23.2 Å². The number of likely N-dealkylation sites (tertiary alicyclic amines) is 1. The summed E-state index contributed by atoms with van der Waals surface area (Å²) in [6.45, 7) is 1.30. The molecular weight excluding hydrogens is 371 g/mol. The van der Waals surface area contributed by atoms with Gasteiger partial charge in [-0.2, -0.15) is 0 Å². The molecule has 2 aromatic carbocycles.